The van der Waals surface area contributed by atoms with Crippen LogP contribution in [-0.4, -0.2) is 25.0 Å². The summed E-state index contributed by atoms with van der Waals surface area (Å²) in [6, 6.07) is 11.8. The monoisotopic (exact) mass is 275 g/mol. The smallest absolute Gasteiger partial charge is 0.133 e. The van der Waals surface area contributed by atoms with Gasteiger partial charge in [-0.25, -0.2) is 0 Å². The van der Waals surface area contributed by atoms with Crippen molar-refractivity contribution in [3.63, 3.8) is 0 Å². The second-order valence-corrected chi connectivity index (χ2v) is 4.66. The molecule has 0 spiro atoms. The van der Waals surface area contributed by atoms with Crippen LogP contribution in [0.3, 0.4) is 0 Å². The first-order chi connectivity index (χ1) is 9.84. The summed E-state index contributed by atoms with van der Waals surface area (Å²) >= 11 is 0. The standard InChI is InChI=1S/C16H21NO3/c1-14-13-15(17-20-14)7-5-10-18-11-6-12-19-16-8-3-2-4-9-16/h2-4,8-9,13H,5-7,10-12H2,1H3. The minimum absolute atomic E-state index is 0.687. The highest BCUT2D eigenvalue weighted by molar-refractivity contribution is 5.20. The van der Waals surface area contributed by atoms with Gasteiger partial charge in [0.25, 0.3) is 0 Å². The maximum absolute atomic E-state index is 5.58. The van der Waals surface area contributed by atoms with Crippen molar-refractivity contribution in [3.05, 3.63) is 47.9 Å². The molecular formula is C16H21NO3. The largest absolute Gasteiger partial charge is 0.494 e. The van der Waals surface area contributed by atoms with Crippen LogP contribution in [0, 0.1) is 6.92 Å². The van der Waals surface area contributed by atoms with Gasteiger partial charge < -0.3 is 14.0 Å². The van der Waals surface area contributed by atoms with E-state index < -0.39 is 0 Å². The molecule has 0 radical (unpaired) electrons. The number of hydrogen-bond acceptors (Lipinski definition) is 4. The van der Waals surface area contributed by atoms with Crippen molar-refractivity contribution >= 4 is 0 Å². The third-order valence-electron chi connectivity index (χ3n) is 2.84. The van der Waals surface area contributed by atoms with Crippen molar-refractivity contribution in [1.82, 2.24) is 5.16 Å². The molecule has 4 nitrogen and oxygen atoms in total. The van der Waals surface area contributed by atoms with E-state index in [9.17, 15) is 0 Å². The first-order valence-electron chi connectivity index (χ1n) is 7.02. The van der Waals surface area contributed by atoms with E-state index in [4.69, 9.17) is 14.0 Å². The fourth-order valence-electron chi connectivity index (χ4n) is 1.86. The SMILES string of the molecule is Cc1cc(CCCOCCCOc2ccccc2)no1. The summed E-state index contributed by atoms with van der Waals surface area (Å²) in [4.78, 5) is 0. The van der Waals surface area contributed by atoms with Crippen molar-refractivity contribution in [2.45, 2.75) is 26.2 Å². The predicted molar refractivity (Wildman–Crippen MR) is 76.9 cm³/mol. The van der Waals surface area contributed by atoms with Crippen molar-refractivity contribution < 1.29 is 14.0 Å². The molecule has 108 valence electrons. The summed E-state index contributed by atoms with van der Waals surface area (Å²) in [5.41, 5.74) is 0.999. The van der Waals surface area contributed by atoms with Crippen LogP contribution >= 0.6 is 0 Å². The van der Waals surface area contributed by atoms with E-state index in [1.54, 1.807) is 0 Å². The fraction of sp³-hybridized carbons (Fsp3) is 0.438. The zero-order valence-corrected chi connectivity index (χ0v) is 11.9. The number of ether oxygens (including phenoxy) is 2. The lowest BCUT2D eigenvalue weighted by molar-refractivity contribution is 0.117. The van der Waals surface area contributed by atoms with Crippen molar-refractivity contribution in [2.24, 2.45) is 0 Å². The lowest BCUT2D eigenvalue weighted by Crippen LogP contribution is -2.04. The molecule has 4 heteroatoms. The Labute approximate surface area is 119 Å². The second kappa shape index (κ2) is 8.38. The first-order valence-corrected chi connectivity index (χ1v) is 7.02. The summed E-state index contributed by atoms with van der Waals surface area (Å²) in [5.74, 6) is 1.77. The lowest BCUT2D eigenvalue weighted by atomic mass is 10.2. The highest BCUT2D eigenvalue weighted by Gasteiger charge is 1.99. The molecule has 0 unspecified atom stereocenters. The zero-order valence-electron chi connectivity index (χ0n) is 11.9. The minimum atomic E-state index is 0.687. The molecule has 2 rings (SSSR count). The Morgan fingerprint density at radius 2 is 1.85 bits per heavy atom. The molecule has 1 aromatic heterocycles. The molecule has 0 atom stereocenters. The van der Waals surface area contributed by atoms with Gasteiger partial charge in [0.1, 0.15) is 11.5 Å². The van der Waals surface area contributed by atoms with Crippen LogP contribution in [0.4, 0.5) is 0 Å². The Hall–Kier alpha value is -1.81. The van der Waals surface area contributed by atoms with Gasteiger partial charge >= 0.3 is 0 Å². The quantitative estimate of drug-likeness (QED) is 0.658. The average Bonchev–Trinajstić information content (AvgIpc) is 2.88. The van der Waals surface area contributed by atoms with E-state index in [1.807, 2.05) is 43.3 Å². The number of rotatable bonds is 9. The summed E-state index contributed by atoms with van der Waals surface area (Å²) in [6.45, 7) is 4.06. The number of aryl methyl sites for hydroxylation is 2. The van der Waals surface area contributed by atoms with Crippen LogP contribution in [0.5, 0.6) is 5.75 Å². The van der Waals surface area contributed by atoms with Gasteiger partial charge in [-0.05, 0) is 31.9 Å². The summed E-state index contributed by atoms with van der Waals surface area (Å²) in [7, 11) is 0. The predicted octanol–water partition coefficient (Wildman–Crippen LogP) is 3.40. The molecule has 0 saturated heterocycles. The molecule has 0 bridgehead atoms. The Morgan fingerprint density at radius 3 is 2.60 bits per heavy atom. The zero-order chi connectivity index (χ0) is 14.0. The van der Waals surface area contributed by atoms with Gasteiger partial charge in [0.05, 0.1) is 12.3 Å². The maximum atomic E-state index is 5.58. The Morgan fingerprint density at radius 1 is 1.05 bits per heavy atom. The topological polar surface area (TPSA) is 44.5 Å². The van der Waals surface area contributed by atoms with Crippen LogP contribution in [0.2, 0.25) is 0 Å². The summed E-state index contributed by atoms with van der Waals surface area (Å²) in [6.07, 6.45) is 2.77. The van der Waals surface area contributed by atoms with Gasteiger partial charge in [-0.1, -0.05) is 23.4 Å². The fourth-order valence-corrected chi connectivity index (χ4v) is 1.86. The molecule has 2 aromatic rings. The number of aromatic nitrogens is 1. The molecule has 0 N–H and O–H groups in total. The second-order valence-electron chi connectivity index (χ2n) is 4.66. The third kappa shape index (κ3) is 5.45. The van der Waals surface area contributed by atoms with Crippen molar-refractivity contribution in [1.29, 1.82) is 0 Å². The van der Waals surface area contributed by atoms with Crippen LogP contribution in [0.25, 0.3) is 0 Å². The van der Waals surface area contributed by atoms with E-state index in [2.05, 4.69) is 5.16 Å². The van der Waals surface area contributed by atoms with Gasteiger partial charge in [-0.3, -0.25) is 0 Å². The highest BCUT2D eigenvalue weighted by atomic mass is 16.5. The van der Waals surface area contributed by atoms with Crippen LogP contribution in [0.1, 0.15) is 24.3 Å². The maximum Gasteiger partial charge on any atom is 0.133 e. The number of para-hydroxylation sites is 1. The molecule has 0 amide bonds. The van der Waals surface area contributed by atoms with Gasteiger partial charge in [-0.2, -0.15) is 0 Å². The molecule has 0 aliphatic carbocycles. The van der Waals surface area contributed by atoms with E-state index in [-0.39, 0.29) is 0 Å². The summed E-state index contributed by atoms with van der Waals surface area (Å²) in [5, 5.41) is 3.95. The Kier molecular flexibility index (Phi) is 6.11. The first kappa shape index (κ1) is 14.6. The lowest BCUT2D eigenvalue weighted by Gasteiger charge is -2.06. The number of benzene rings is 1. The van der Waals surface area contributed by atoms with Gasteiger partial charge in [0.2, 0.25) is 0 Å². The van der Waals surface area contributed by atoms with Crippen LogP contribution in [-0.2, 0) is 11.2 Å². The molecule has 0 saturated carbocycles. The number of hydrogen-bond donors (Lipinski definition) is 0. The highest BCUT2D eigenvalue weighted by Crippen LogP contribution is 2.08. The molecule has 1 heterocycles. The molecule has 1 aromatic carbocycles. The van der Waals surface area contributed by atoms with Crippen LogP contribution in [0.15, 0.2) is 40.9 Å². The number of nitrogens with zero attached hydrogens (tertiary/aromatic N) is 1. The Balaban J connectivity index is 1.44. The summed E-state index contributed by atoms with van der Waals surface area (Å²) < 4.78 is 16.2. The van der Waals surface area contributed by atoms with Gasteiger partial charge in [-0.15, -0.1) is 0 Å². The molecular weight excluding hydrogens is 254 g/mol. The Bertz CT molecular complexity index is 481. The van der Waals surface area contributed by atoms with E-state index in [1.165, 1.54) is 0 Å². The van der Waals surface area contributed by atoms with Crippen molar-refractivity contribution in [2.75, 3.05) is 19.8 Å². The van der Waals surface area contributed by atoms with E-state index in [0.29, 0.717) is 6.61 Å². The molecule has 0 aliphatic rings. The van der Waals surface area contributed by atoms with E-state index >= 15 is 0 Å². The van der Waals surface area contributed by atoms with E-state index in [0.717, 1.165) is 49.7 Å². The van der Waals surface area contributed by atoms with Crippen LogP contribution < -0.4 is 4.74 Å². The van der Waals surface area contributed by atoms with Gasteiger partial charge in [0.15, 0.2) is 0 Å². The average molecular weight is 275 g/mol. The molecule has 0 fully saturated rings. The molecule has 0 aliphatic heterocycles. The minimum Gasteiger partial charge on any atom is -0.494 e. The third-order valence-corrected chi connectivity index (χ3v) is 2.84. The van der Waals surface area contributed by atoms with Crippen molar-refractivity contribution in [3.8, 4) is 5.75 Å². The van der Waals surface area contributed by atoms with Gasteiger partial charge in [0, 0.05) is 25.7 Å². The normalized spacial score (nSPS) is 10.7. The molecule has 20 heavy (non-hydrogen) atoms.